The first kappa shape index (κ1) is 17.5. The molecule has 0 atom stereocenters. The van der Waals surface area contributed by atoms with Gasteiger partial charge in [-0.1, -0.05) is 36.4 Å². The number of nitrogens with zero attached hydrogens (tertiary/aromatic N) is 3. The number of aromatic nitrogens is 2. The lowest BCUT2D eigenvalue weighted by molar-refractivity contribution is 0.0921. The molecule has 0 spiro atoms. The van der Waals surface area contributed by atoms with Crippen molar-refractivity contribution in [2.24, 2.45) is 0 Å². The number of Topliss-reactive ketones (excluding diaryl/α,β-unsaturated/α-hetero) is 1. The zero-order chi connectivity index (χ0) is 18.6. The van der Waals surface area contributed by atoms with Gasteiger partial charge in [0.05, 0.1) is 12.2 Å². The van der Waals surface area contributed by atoms with E-state index in [0.29, 0.717) is 23.9 Å². The molecule has 0 bridgehead atoms. The Morgan fingerprint density at radius 3 is 2.70 bits per heavy atom. The van der Waals surface area contributed by atoms with E-state index in [-0.39, 0.29) is 11.7 Å². The number of thiazole rings is 1. The van der Waals surface area contributed by atoms with Crippen molar-refractivity contribution in [3.05, 3.63) is 76.6 Å². The van der Waals surface area contributed by atoms with Gasteiger partial charge in [0.2, 0.25) is 0 Å². The normalized spacial score (nSPS) is 13.8. The van der Waals surface area contributed by atoms with Crippen LogP contribution in [0.25, 0.3) is 0 Å². The third-order valence-corrected chi connectivity index (χ3v) is 5.39. The van der Waals surface area contributed by atoms with Crippen LogP contribution in [-0.2, 0) is 13.0 Å². The molecule has 136 valence electrons. The summed E-state index contributed by atoms with van der Waals surface area (Å²) in [4.78, 5) is 36.5. The highest BCUT2D eigenvalue weighted by Crippen LogP contribution is 2.28. The molecule has 0 unspecified atom stereocenters. The fourth-order valence-corrected chi connectivity index (χ4v) is 4.06. The summed E-state index contributed by atoms with van der Waals surface area (Å²) in [5.74, 6) is -0.148. The molecule has 1 aromatic carbocycles. The Labute approximate surface area is 160 Å². The molecule has 0 aliphatic carbocycles. The number of carbonyl (C=O) groups excluding carboxylic acids is 2. The van der Waals surface area contributed by atoms with Crippen molar-refractivity contribution in [2.75, 3.05) is 18.4 Å². The van der Waals surface area contributed by atoms with E-state index in [4.69, 9.17) is 0 Å². The second-order valence-electron chi connectivity index (χ2n) is 6.31. The monoisotopic (exact) mass is 378 g/mol. The number of anilines is 1. The lowest BCUT2D eigenvalue weighted by Crippen LogP contribution is -2.34. The van der Waals surface area contributed by atoms with Gasteiger partial charge in [-0.2, -0.15) is 0 Å². The van der Waals surface area contributed by atoms with Crippen LogP contribution in [0.5, 0.6) is 0 Å². The van der Waals surface area contributed by atoms with Crippen LogP contribution in [0.2, 0.25) is 0 Å². The summed E-state index contributed by atoms with van der Waals surface area (Å²) in [6.45, 7) is 1.84. The van der Waals surface area contributed by atoms with E-state index in [0.717, 1.165) is 29.1 Å². The Kier molecular flexibility index (Phi) is 5.04. The molecule has 3 heterocycles. The van der Waals surface area contributed by atoms with Crippen LogP contribution in [0.1, 0.15) is 31.4 Å². The predicted octanol–water partition coefficient (Wildman–Crippen LogP) is 3.03. The van der Waals surface area contributed by atoms with Crippen LogP contribution in [0.15, 0.2) is 54.7 Å². The summed E-state index contributed by atoms with van der Waals surface area (Å²) >= 11 is 1.46. The Hall–Kier alpha value is -2.90. The minimum absolute atomic E-state index is 0.118. The number of fused-ring (bicyclic) bond motifs is 1. The van der Waals surface area contributed by atoms with Gasteiger partial charge >= 0.3 is 0 Å². The molecule has 4 rings (SSSR count). The maximum Gasteiger partial charge on any atom is 0.276 e. The average molecular weight is 378 g/mol. The number of rotatable bonds is 5. The number of amides is 1. The van der Waals surface area contributed by atoms with Crippen LogP contribution in [0.4, 0.5) is 5.13 Å². The molecule has 0 radical (unpaired) electrons. The molecule has 0 saturated heterocycles. The van der Waals surface area contributed by atoms with Crippen LogP contribution in [0.3, 0.4) is 0 Å². The number of ketones is 1. The van der Waals surface area contributed by atoms with Gasteiger partial charge in [-0.25, -0.2) is 4.98 Å². The van der Waals surface area contributed by atoms with E-state index in [9.17, 15) is 9.59 Å². The van der Waals surface area contributed by atoms with Crippen LogP contribution in [-0.4, -0.2) is 39.6 Å². The van der Waals surface area contributed by atoms with Crippen LogP contribution in [0, 0.1) is 0 Å². The van der Waals surface area contributed by atoms with E-state index in [1.807, 2.05) is 30.3 Å². The molecular formula is C20H18N4O2S. The smallest absolute Gasteiger partial charge is 0.276 e. The second kappa shape index (κ2) is 7.77. The average Bonchev–Trinajstić information content (AvgIpc) is 3.10. The summed E-state index contributed by atoms with van der Waals surface area (Å²) in [5, 5.41) is 3.39. The third kappa shape index (κ3) is 4.10. The molecular weight excluding hydrogens is 360 g/mol. The molecule has 2 aromatic heterocycles. The Morgan fingerprint density at radius 1 is 1.11 bits per heavy atom. The van der Waals surface area contributed by atoms with Crippen LogP contribution < -0.4 is 5.32 Å². The fourth-order valence-electron chi connectivity index (χ4n) is 3.01. The molecule has 27 heavy (non-hydrogen) atoms. The van der Waals surface area contributed by atoms with E-state index in [2.05, 4.69) is 20.2 Å². The van der Waals surface area contributed by atoms with Crippen molar-refractivity contribution in [1.82, 2.24) is 14.9 Å². The van der Waals surface area contributed by atoms with Gasteiger partial charge in [0.25, 0.3) is 5.91 Å². The molecule has 6 nitrogen and oxygen atoms in total. The number of benzene rings is 1. The van der Waals surface area contributed by atoms with Crippen molar-refractivity contribution < 1.29 is 9.59 Å². The third-order valence-electron chi connectivity index (χ3n) is 4.39. The molecule has 7 heteroatoms. The Balaban J connectivity index is 1.40. The molecule has 3 aromatic rings. The highest BCUT2D eigenvalue weighted by atomic mass is 32.1. The SMILES string of the molecule is O=C(CN1CCc2nc(NC(=O)c3ccccn3)sc2C1)c1ccccc1. The molecule has 1 amide bonds. The quantitative estimate of drug-likeness (QED) is 0.691. The van der Waals surface area contributed by atoms with Gasteiger partial charge in [0, 0.05) is 36.1 Å². The standard InChI is InChI=1S/C20H18N4O2S/c25-17(14-6-2-1-3-7-14)12-24-11-9-15-18(13-24)27-20(22-15)23-19(26)16-8-4-5-10-21-16/h1-8,10H,9,11-13H2,(H,22,23,26). The number of hydrogen-bond acceptors (Lipinski definition) is 6. The largest absolute Gasteiger partial charge is 0.296 e. The number of hydrogen-bond donors (Lipinski definition) is 1. The van der Waals surface area contributed by atoms with Crippen molar-refractivity contribution >= 4 is 28.2 Å². The van der Waals surface area contributed by atoms with Gasteiger partial charge in [-0.3, -0.25) is 24.8 Å². The Morgan fingerprint density at radius 2 is 1.93 bits per heavy atom. The van der Waals surface area contributed by atoms with Crippen LogP contribution >= 0.6 is 11.3 Å². The fraction of sp³-hybridized carbons (Fsp3) is 0.200. The highest BCUT2D eigenvalue weighted by Gasteiger charge is 2.23. The summed E-state index contributed by atoms with van der Waals surface area (Å²) in [6, 6.07) is 14.6. The topological polar surface area (TPSA) is 75.2 Å². The van der Waals surface area contributed by atoms with E-state index >= 15 is 0 Å². The zero-order valence-corrected chi connectivity index (χ0v) is 15.4. The summed E-state index contributed by atoms with van der Waals surface area (Å²) in [7, 11) is 0. The van der Waals surface area contributed by atoms with Gasteiger partial charge in [-0.15, -0.1) is 11.3 Å². The minimum atomic E-state index is -0.266. The van der Waals surface area contributed by atoms with Crippen molar-refractivity contribution in [3.8, 4) is 0 Å². The van der Waals surface area contributed by atoms with Crippen molar-refractivity contribution in [2.45, 2.75) is 13.0 Å². The first-order valence-corrected chi connectivity index (χ1v) is 9.52. The molecule has 1 aliphatic heterocycles. The maximum absolute atomic E-state index is 12.4. The van der Waals surface area contributed by atoms with Crippen molar-refractivity contribution in [3.63, 3.8) is 0 Å². The Bertz CT molecular complexity index is 957. The van der Waals surface area contributed by atoms with Crippen molar-refractivity contribution in [1.29, 1.82) is 0 Å². The zero-order valence-electron chi connectivity index (χ0n) is 14.6. The lowest BCUT2D eigenvalue weighted by Gasteiger charge is -2.24. The highest BCUT2D eigenvalue weighted by molar-refractivity contribution is 7.15. The predicted molar refractivity (Wildman–Crippen MR) is 104 cm³/mol. The first-order valence-electron chi connectivity index (χ1n) is 8.70. The molecule has 0 saturated carbocycles. The van der Waals surface area contributed by atoms with E-state index < -0.39 is 0 Å². The minimum Gasteiger partial charge on any atom is -0.296 e. The first-order chi connectivity index (χ1) is 13.2. The van der Waals surface area contributed by atoms with Gasteiger partial charge in [0.1, 0.15) is 5.69 Å². The van der Waals surface area contributed by atoms with E-state index in [1.54, 1.807) is 24.4 Å². The molecule has 1 N–H and O–H groups in total. The number of pyridine rings is 1. The molecule has 1 aliphatic rings. The van der Waals surface area contributed by atoms with Gasteiger partial charge < -0.3 is 0 Å². The summed E-state index contributed by atoms with van der Waals surface area (Å²) in [6.07, 6.45) is 2.36. The van der Waals surface area contributed by atoms with Gasteiger partial charge in [0.15, 0.2) is 10.9 Å². The number of carbonyl (C=O) groups is 2. The maximum atomic E-state index is 12.4. The lowest BCUT2D eigenvalue weighted by atomic mass is 10.1. The number of nitrogens with one attached hydrogen (secondary N) is 1. The summed E-state index contributed by atoms with van der Waals surface area (Å²) < 4.78 is 0. The van der Waals surface area contributed by atoms with E-state index in [1.165, 1.54) is 11.3 Å². The summed E-state index contributed by atoms with van der Waals surface area (Å²) in [5.41, 5.74) is 2.09. The second-order valence-corrected chi connectivity index (χ2v) is 7.39. The van der Waals surface area contributed by atoms with Gasteiger partial charge in [-0.05, 0) is 12.1 Å². The molecule has 0 fully saturated rings.